The molecule has 0 aromatic rings. The number of hydrogen-bond donors (Lipinski definition) is 0. The minimum Gasteiger partial charge on any atom is -0.295 e. The molecule has 0 radical (unpaired) electrons. The fourth-order valence-corrected chi connectivity index (χ4v) is 1.46. The summed E-state index contributed by atoms with van der Waals surface area (Å²) in [5.74, 6) is 0.138. The van der Waals surface area contributed by atoms with Gasteiger partial charge in [-0.25, -0.2) is 9.78 Å². The summed E-state index contributed by atoms with van der Waals surface area (Å²) in [7, 11) is 0. The Labute approximate surface area is 91.4 Å². The monoisotopic (exact) mass is 212 g/mol. The summed E-state index contributed by atoms with van der Waals surface area (Å²) >= 11 is 0. The molecule has 86 valence electrons. The maximum absolute atomic E-state index is 11.2. The summed E-state index contributed by atoms with van der Waals surface area (Å²) in [6.07, 6.45) is 4.59. The van der Waals surface area contributed by atoms with E-state index in [1.54, 1.807) is 6.92 Å². The lowest BCUT2D eigenvalue weighted by Gasteiger charge is -2.24. The zero-order valence-corrected chi connectivity index (χ0v) is 10.0. The molecular weight excluding hydrogens is 192 g/mol. The highest BCUT2D eigenvalue weighted by atomic mass is 17.2. The normalized spacial score (nSPS) is 22.4. The van der Waals surface area contributed by atoms with Crippen molar-refractivity contribution >= 4 is 5.78 Å². The van der Waals surface area contributed by atoms with Gasteiger partial charge in [-0.2, -0.15) is 0 Å². The Kier molecular flexibility index (Phi) is 4.05. The molecule has 0 spiro atoms. The fourth-order valence-electron chi connectivity index (χ4n) is 1.46. The van der Waals surface area contributed by atoms with Gasteiger partial charge in [0.1, 0.15) is 6.10 Å². The van der Waals surface area contributed by atoms with E-state index in [0.717, 1.165) is 24.8 Å². The second-order valence-corrected chi connectivity index (χ2v) is 4.97. The molecule has 0 saturated heterocycles. The van der Waals surface area contributed by atoms with Crippen LogP contribution in [0.2, 0.25) is 0 Å². The Bertz CT molecular complexity index is 261. The van der Waals surface area contributed by atoms with Crippen LogP contribution >= 0.6 is 0 Å². The lowest BCUT2D eigenvalue weighted by atomic mass is 9.95. The molecule has 0 amide bonds. The molecule has 0 fully saturated rings. The molecular formula is C12H20O3. The quantitative estimate of drug-likeness (QED) is 0.533. The Hall–Kier alpha value is -0.670. The van der Waals surface area contributed by atoms with Gasteiger partial charge in [0, 0.05) is 0 Å². The van der Waals surface area contributed by atoms with Crippen molar-refractivity contribution in [2.45, 2.75) is 58.7 Å². The predicted octanol–water partition coefficient (Wildman–Crippen LogP) is 2.80. The molecule has 0 bridgehead atoms. The molecule has 15 heavy (non-hydrogen) atoms. The molecule has 1 atom stereocenters. The summed E-state index contributed by atoms with van der Waals surface area (Å²) in [5, 5.41) is 0. The summed E-state index contributed by atoms with van der Waals surface area (Å²) in [6.45, 7) is 7.40. The number of ketones is 1. The molecule has 1 aliphatic rings. The van der Waals surface area contributed by atoms with Gasteiger partial charge in [0.15, 0.2) is 5.78 Å². The van der Waals surface area contributed by atoms with E-state index < -0.39 is 0 Å². The Balaban J connectivity index is 2.49. The molecule has 1 unspecified atom stereocenters. The maximum atomic E-state index is 11.2. The van der Waals surface area contributed by atoms with Crippen LogP contribution in [0.5, 0.6) is 0 Å². The number of allylic oxidation sites excluding steroid dienone is 1. The first-order chi connectivity index (χ1) is 6.88. The molecule has 1 rings (SSSR count). The van der Waals surface area contributed by atoms with Crippen LogP contribution in [0.1, 0.15) is 47.0 Å². The zero-order chi connectivity index (χ0) is 11.5. The SMILES string of the molecule is CC(=O)C1=CC(OOC(C)(C)C)CCC1. The van der Waals surface area contributed by atoms with E-state index in [4.69, 9.17) is 9.78 Å². The second kappa shape index (κ2) is 4.90. The Morgan fingerprint density at radius 1 is 1.47 bits per heavy atom. The van der Waals surface area contributed by atoms with Crippen LogP contribution in [0.15, 0.2) is 11.6 Å². The summed E-state index contributed by atoms with van der Waals surface area (Å²) in [4.78, 5) is 21.7. The second-order valence-electron chi connectivity index (χ2n) is 4.97. The van der Waals surface area contributed by atoms with E-state index in [2.05, 4.69) is 0 Å². The van der Waals surface area contributed by atoms with Crippen molar-refractivity contribution in [3.8, 4) is 0 Å². The first-order valence-corrected chi connectivity index (χ1v) is 5.44. The van der Waals surface area contributed by atoms with E-state index >= 15 is 0 Å². The van der Waals surface area contributed by atoms with Crippen molar-refractivity contribution in [3.63, 3.8) is 0 Å². The predicted molar refractivity (Wildman–Crippen MR) is 58.3 cm³/mol. The van der Waals surface area contributed by atoms with Gasteiger partial charge >= 0.3 is 0 Å². The van der Waals surface area contributed by atoms with Crippen molar-refractivity contribution in [2.24, 2.45) is 0 Å². The molecule has 1 aliphatic carbocycles. The van der Waals surface area contributed by atoms with Crippen molar-refractivity contribution < 1.29 is 14.6 Å². The van der Waals surface area contributed by atoms with Crippen LogP contribution in [0.25, 0.3) is 0 Å². The first kappa shape index (κ1) is 12.4. The minimum absolute atomic E-state index is 0.0723. The topological polar surface area (TPSA) is 35.5 Å². The van der Waals surface area contributed by atoms with Gasteiger partial charge in [0.25, 0.3) is 0 Å². The van der Waals surface area contributed by atoms with Gasteiger partial charge in [0.2, 0.25) is 0 Å². The molecule has 0 aliphatic heterocycles. The summed E-state index contributed by atoms with van der Waals surface area (Å²) < 4.78 is 0. The number of rotatable bonds is 3. The number of carbonyl (C=O) groups excluding carboxylic acids is 1. The average Bonchev–Trinajstić information content (AvgIpc) is 2.14. The van der Waals surface area contributed by atoms with Crippen LogP contribution in [0.3, 0.4) is 0 Å². The van der Waals surface area contributed by atoms with Crippen molar-refractivity contribution in [2.75, 3.05) is 0 Å². The molecule has 3 heteroatoms. The minimum atomic E-state index is -0.304. The Morgan fingerprint density at radius 2 is 2.13 bits per heavy atom. The molecule has 0 aromatic carbocycles. The smallest absolute Gasteiger partial charge is 0.155 e. The maximum Gasteiger partial charge on any atom is 0.155 e. The Morgan fingerprint density at radius 3 is 2.67 bits per heavy atom. The highest BCUT2D eigenvalue weighted by Crippen LogP contribution is 2.22. The van der Waals surface area contributed by atoms with Gasteiger partial charge in [-0.05, 0) is 58.6 Å². The van der Waals surface area contributed by atoms with Gasteiger partial charge in [0.05, 0.1) is 5.60 Å². The van der Waals surface area contributed by atoms with Crippen molar-refractivity contribution in [3.05, 3.63) is 11.6 Å². The fraction of sp³-hybridized carbons (Fsp3) is 0.750. The number of carbonyl (C=O) groups is 1. The van der Waals surface area contributed by atoms with Crippen molar-refractivity contribution in [1.29, 1.82) is 0 Å². The van der Waals surface area contributed by atoms with Crippen LogP contribution < -0.4 is 0 Å². The lowest BCUT2D eigenvalue weighted by Crippen LogP contribution is -2.25. The van der Waals surface area contributed by atoms with Crippen LogP contribution in [-0.2, 0) is 14.6 Å². The largest absolute Gasteiger partial charge is 0.295 e. The third kappa shape index (κ3) is 4.58. The summed E-state index contributed by atoms with van der Waals surface area (Å²) in [6, 6.07) is 0. The molecule has 0 N–H and O–H groups in total. The molecule has 0 saturated carbocycles. The van der Waals surface area contributed by atoms with Crippen LogP contribution in [0, 0.1) is 0 Å². The lowest BCUT2D eigenvalue weighted by molar-refractivity contribution is -0.365. The van der Waals surface area contributed by atoms with E-state index in [9.17, 15) is 4.79 Å². The van der Waals surface area contributed by atoms with Gasteiger partial charge in [-0.15, -0.1) is 0 Å². The number of Topliss-reactive ketones (excluding diaryl/α,β-unsaturated/α-hetero) is 1. The van der Waals surface area contributed by atoms with E-state index in [1.165, 1.54) is 0 Å². The molecule has 0 heterocycles. The molecule has 0 aromatic heterocycles. The van der Waals surface area contributed by atoms with Crippen molar-refractivity contribution in [1.82, 2.24) is 0 Å². The zero-order valence-electron chi connectivity index (χ0n) is 10.0. The average molecular weight is 212 g/mol. The van der Waals surface area contributed by atoms with E-state index in [1.807, 2.05) is 26.8 Å². The van der Waals surface area contributed by atoms with Gasteiger partial charge in [-0.1, -0.05) is 0 Å². The third-order valence-corrected chi connectivity index (χ3v) is 2.20. The summed E-state index contributed by atoms with van der Waals surface area (Å²) in [5.41, 5.74) is 0.561. The third-order valence-electron chi connectivity index (χ3n) is 2.20. The highest BCUT2D eigenvalue weighted by molar-refractivity contribution is 5.93. The van der Waals surface area contributed by atoms with E-state index in [0.29, 0.717) is 0 Å². The van der Waals surface area contributed by atoms with E-state index in [-0.39, 0.29) is 17.5 Å². The first-order valence-electron chi connectivity index (χ1n) is 5.44. The van der Waals surface area contributed by atoms with Gasteiger partial charge < -0.3 is 0 Å². The van der Waals surface area contributed by atoms with Crippen LogP contribution in [-0.4, -0.2) is 17.5 Å². The van der Waals surface area contributed by atoms with Gasteiger partial charge in [-0.3, -0.25) is 4.79 Å². The number of hydrogen-bond acceptors (Lipinski definition) is 3. The van der Waals surface area contributed by atoms with Crippen LogP contribution in [0.4, 0.5) is 0 Å². The highest BCUT2D eigenvalue weighted by Gasteiger charge is 2.20. The standard InChI is InChI=1S/C12H20O3/c1-9(13)10-6-5-7-11(8-10)14-15-12(2,3)4/h8,11H,5-7H2,1-4H3. The molecule has 3 nitrogen and oxygen atoms in total.